The summed E-state index contributed by atoms with van der Waals surface area (Å²) >= 11 is 0. The van der Waals surface area contributed by atoms with Gasteiger partial charge in [-0.2, -0.15) is 4.57 Å². The smallest absolute Gasteiger partial charge is 0.212 e. The Balaban J connectivity index is 1.85. The Kier molecular flexibility index (Phi) is 3.87. The van der Waals surface area contributed by atoms with Crippen molar-refractivity contribution in [3.8, 4) is 5.75 Å². The molecule has 2 aromatic carbocycles. The first-order valence-electron chi connectivity index (χ1n) is 7.35. The molecule has 0 atom stereocenters. The van der Waals surface area contributed by atoms with Crippen molar-refractivity contribution in [3.05, 3.63) is 72.4 Å². The van der Waals surface area contributed by atoms with Crippen molar-refractivity contribution in [2.45, 2.75) is 26.5 Å². The van der Waals surface area contributed by atoms with Crippen LogP contribution in [0, 0.1) is 0 Å². The van der Waals surface area contributed by atoms with Gasteiger partial charge in [0, 0.05) is 23.1 Å². The molecule has 0 amide bonds. The third-order valence-corrected chi connectivity index (χ3v) is 3.44. The van der Waals surface area contributed by atoms with Crippen molar-refractivity contribution < 1.29 is 9.30 Å². The normalized spacial score (nSPS) is 11.0. The second kappa shape index (κ2) is 5.96. The average Bonchev–Trinajstić information content (AvgIpc) is 2.49. The van der Waals surface area contributed by atoms with E-state index in [-0.39, 0.29) is 6.10 Å². The number of pyridine rings is 1. The quantitative estimate of drug-likeness (QED) is 0.658. The molecule has 2 heteroatoms. The molecular weight excluding hydrogens is 258 g/mol. The molecule has 0 bridgehead atoms. The minimum Gasteiger partial charge on any atom is -0.491 e. The number of hydrogen-bond acceptors (Lipinski definition) is 1. The van der Waals surface area contributed by atoms with Gasteiger partial charge >= 0.3 is 0 Å². The zero-order valence-corrected chi connectivity index (χ0v) is 12.5. The maximum absolute atomic E-state index is 5.68. The predicted octanol–water partition coefficient (Wildman–Crippen LogP) is 3.96. The topological polar surface area (TPSA) is 13.1 Å². The largest absolute Gasteiger partial charge is 0.491 e. The molecule has 1 heterocycles. The molecule has 0 fully saturated rings. The summed E-state index contributed by atoms with van der Waals surface area (Å²) in [4.78, 5) is 0. The van der Waals surface area contributed by atoms with Crippen LogP contribution in [0.5, 0.6) is 5.75 Å². The molecule has 1 aromatic heterocycles. The zero-order chi connectivity index (χ0) is 14.7. The van der Waals surface area contributed by atoms with Crippen LogP contribution < -0.4 is 9.30 Å². The number of benzene rings is 2. The fourth-order valence-corrected chi connectivity index (χ4v) is 2.50. The summed E-state index contributed by atoms with van der Waals surface area (Å²) < 4.78 is 7.95. The van der Waals surface area contributed by atoms with E-state index in [2.05, 4.69) is 59.3 Å². The Morgan fingerprint density at radius 2 is 1.62 bits per heavy atom. The van der Waals surface area contributed by atoms with Crippen molar-refractivity contribution in [2.24, 2.45) is 0 Å². The highest BCUT2D eigenvalue weighted by Gasteiger charge is 2.08. The van der Waals surface area contributed by atoms with E-state index in [4.69, 9.17) is 4.74 Å². The number of aromatic nitrogens is 1. The van der Waals surface area contributed by atoms with Crippen LogP contribution in [0.25, 0.3) is 10.9 Å². The third-order valence-electron chi connectivity index (χ3n) is 3.44. The van der Waals surface area contributed by atoms with Gasteiger partial charge in [0.05, 0.1) is 6.10 Å². The molecule has 0 saturated heterocycles. The van der Waals surface area contributed by atoms with E-state index in [1.807, 2.05) is 26.0 Å². The molecule has 0 unspecified atom stereocenters. The SMILES string of the molecule is CC(C)Oc1ccc(C[n+]2cccc3ccccc32)cc1. The van der Waals surface area contributed by atoms with Crippen LogP contribution in [0.4, 0.5) is 0 Å². The number of nitrogens with zero attached hydrogens (tertiary/aromatic N) is 1. The Bertz CT molecular complexity index is 727. The molecule has 0 spiro atoms. The summed E-state index contributed by atoms with van der Waals surface area (Å²) in [6.07, 6.45) is 2.34. The van der Waals surface area contributed by atoms with Crippen molar-refractivity contribution in [3.63, 3.8) is 0 Å². The lowest BCUT2D eigenvalue weighted by Gasteiger charge is -2.09. The van der Waals surface area contributed by atoms with Crippen LogP contribution >= 0.6 is 0 Å². The lowest BCUT2D eigenvalue weighted by Crippen LogP contribution is -2.34. The predicted molar refractivity (Wildman–Crippen MR) is 85.5 cm³/mol. The van der Waals surface area contributed by atoms with Gasteiger partial charge in [0.15, 0.2) is 12.7 Å². The number of rotatable bonds is 4. The minimum atomic E-state index is 0.211. The van der Waals surface area contributed by atoms with Gasteiger partial charge in [-0.3, -0.25) is 0 Å². The van der Waals surface area contributed by atoms with Crippen molar-refractivity contribution >= 4 is 10.9 Å². The molecule has 2 nitrogen and oxygen atoms in total. The molecule has 106 valence electrons. The number of ether oxygens (including phenoxy) is 1. The molecule has 3 aromatic rings. The first-order valence-corrected chi connectivity index (χ1v) is 7.35. The molecule has 0 saturated carbocycles. The molecular formula is C19H20NO+. The highest BCUT2D eigenvalue weighted by molar-refractivity contribution is 5.74. The highest BCUT2D eigenvalue weighted by Crippen LogP contribution is 2.14. The average molecular weight is 278 g/mol. The fraction of sp³-hybridized carbons (Fsp3) is 0.211. The summed E-state index contributed by atoms with van der Waals surface area (Å²) in [5, 5.41) is 1.26. The maximum atomic E-state index is 5.68. The van der Waals surface area contributed by atoms with E-state index in [0.717, 1.165) is 12.3 Å². The summed E-state index contributed by atoms with van der Waals surface area (Å²) in [5.74, 6) is 0.927. The van der Waals surface area contributed by atoms with Crippen LogP contribution in [-0.2, 0) is 6.54 Å². The van der Waals surface area contributed by atoms with Gasteiger partial charge in [-0.05, 0) is 50.2 Å². The summed E-state index contributed by atoms with van der Waals surface area (Å²) in [7, 11) is 0. The van der Waals surface area contributed by atoms with Crippen molar-refractivity contribution in [1.29, 1.82) is 0 Å². The molecule has 0 N–H and O–H groups in total. The minimum absolute atomic E-state index is 0.211. The molecule has 0 aliphatic rings. The Labute approximate surface area is 125 Å². The Morgan fingerprint density at radius 1 is 0.905 bits per heavy atom. The van der Waals surface area contributed by atoms with Gasteiger partial charge in [0.2, 0.25) is 5.52 Å². The van der Waals surface area contributed by atoms with Gasteiger partial charge < -0.3 is 4.74 Å². The molecule has 0 radical (unpaired) electrons. The molecule has 0 aliphatic carbocycles. The first kappa shape index (κ1) is 13.6. The van der Waals surface area contributed by atoms with Crippen LogP contribution in [0.15, 0.2) is 66.9 Å². The van der Waals surface area contributed by atoms with Crippen LogP contribution in [0.2, 0.25) is 0 Å². The van der Waals surface area contributed by atoms with Crippen LogP contribution in [-0.4, -0.2) is 6.10 Å². The van der Waals surface area contributed by atoms with Gasteiger partial charge in [0.1, 0.15) is 5.75 Å². The third kappa shape index (κ3) is 3.22. The van der Waals surface area contributed by atoms with Crippen molar-refractivity contribution in [2.75, 3.05) is 0 Å². The zero-order valence-electron chi connectivity index (χ0n) is 12.5. The van der Waals surface area contributed by atoms with Gasteiger partial charge in [0.25, 0.3) is 0 Å². The highest BCUT2D eigenvalue weighted by atomic mass is 16.5. The summed E-state index contributed by atoms with van der Waals surface area (Å²) in [5.41, 5.74) is 2.52. The van der Waals surface area contributed by atoms with E-state index in [1.165, 1.54) is 16.5 Å². The lowest BCUT2D eigenvalue weighted by atomic mass is 10.2. The van der Waals surface area contributed by atoms with Crippen LogP contribution in [0.1, 0.15) is 19.4 Å². The summed E-state index contributed by atoms with van der Waals surface area (Å²) in [6.45, 7) is 4.95. The molecule has 3 rings (SSSR count). The Morgan fingerprint density at radius 3 is 2.38 bits per heavy atom. The van der Waals surface area contributed by atoms with Crippen LogP contribution in [0.3, 0.4) is 0 Å². The first-order chi connectivity index (χ1) is 10.2. The van der Waals surface area contributed by atoms with E-state index < -0.39 is 0 Å². The van der Waals surface area contributed by atoms with E-state index in [0.29, 0.717) is 0 Å². The number of para-hydroxylation sites is 1. The lowest BCUT2D eigenvalue weighted by molar-refractivity contribution is -0.662. The Hall–Kier alpha value is -2.35. The maximum Gasteiger partial charge on any atom is 0.212 e. The monoisotopic (exact) mass is 278 g/mol. The van der Waals surface area contributed by atoms with Gasteiger partial charge in [-0.1, -0.05) is 12.1 Å². The van der Waals surface area contributed by atoms with Gasteiger partial charge in [-0.25, -0.2) is 0 Å². The second-order valence-electron chi connectivity index (χ2n) is 5.51. The molecule has 21 heavy (non-hydrogen) atoms. The van der Waals surface area contributed by atoms with E-state index >= 15 is 0 Å². The second-order valence-corrected chi connectivity index (χ2v) is 5.51. The number of fused-ring (bicyclic) bond motifs is 1. The number of hydrogen-bond donors (Lipinski definition) is 0. The molecule has 0 aliphatic heterocycles. The van der Waals surface area contributed by atoms with E-state index in [1.54, 1.807) is 0 Å². The van der Waals surface area contributed by atoms with Crippen molar-refractivity contribution in [1.82, 2.24) is 0 Å². The fourth-order valence-electron chi connectivity index (χ4n) is 2.50. The van der Waals surface area contributed by atoms with Gasteiger partial charge in [-0.15, -0.1) is 0 Å². The standard InChI is InChI=1S/C19H20NO/c1-15(2)21-18-11-9-16(10-12-18)14-20-13-5-7-17-6-3-4-8-19(17)20/h3-13,15H,14H2,1-2H3/q+1. The van der Waals surface area contributed by atoms with E-state index in [9.17, 15) is 0 Å². The summed E-state index contributed by atoms with van der Waals surface area (Å²) in [6, 6.07) is 21.0.